The molecule has 1 N–H and O–H groups in total. The Kier molecular flexibility index (Phi) is 5.92. The van der Waals surface area contributed by atoms with Crippen molar-refractivity contribution < 1.29 is 9.47 Å². The summed E-state index contributed by atoms with van der Waals surface area (Å²) in [6, 6.07) is 10.4. The van der Waals surface area contributed by atoms with Crippen molar-refractivity contribution in [3.05, 3.63) is 35.9 Å². The van der Waals surface area contributed by atoms with Gasteiger partial charge in [0.15, 0.2) is 17.5 Å². The molecule has 0 atom stereocenters. The molecule has 5 nitrogen and oxygen atoms in total. The van der Waals surface area contributed by atoms with Crippen LogP contribution in [-0.4, -0.2) is 45.2 Å². The summed E-state index contributed by atoms with van der Waals surface area (Å²) in [7, 11) is 5.36. The lowest BCUT2D eigenvalue weighted by atomic mass is 10.1. The van der Waals surface area contributed by atoms with E-state index in [1.165, 1.54) is 5.56 Å². The van der Waals surface area contributed by atoms with Crippen molar-refractivity contribution >= 4 is 40.7 Å². The Morgan fingerprint density at radius 1 is 1.09 bits per heavy atom. The zero-order valence-corrected chi connectivity index (χ0v) is 16.0. The Labute approximate surface area is 153 Å². The zero-order chi connectivity index (χ0) is 15.5. The standard InChI is InChI=1S/C17H21N3O2.HI/c1-20-7-6-18-17(20)19-11-12-4-5-13-9-15(21-2)16(22-3)10-14(13)8-12;/h4-5,8-10H,6-7,11H2,1-3H3,(H,18,19);1H. The molecule has 0 aliphatic carbocycles. The van der Waals surface area contributed by atoms with Crippen molar-refractivity contribution in [2.24, 2.45) is 4.99 Å². The molecule has 2 aromatic rings. The Balaban J connectivity index is 0.00000192. The number of nitrogens with zero attached hydrogens (tertiary/aromatic N) is 2. The van der Waals surface area contributed by atoms with Crippen molar-refractivity contribution in [3.63, 3.8) is 0 Å². The minimum atomic E-state index is 0. The van der Waals surface area contributed by atoms with Gasteiger partial charge in [-0.2, -0.15) is 0 Å². The fourth-order valence-corrected chi connectivity index (χ4v) is 2.64. The molecule has 124 valence electrons. The van der Waals surface area contributed by atoms with E-state index in [-0.39, 0.29) is 24.0 Å². The van der Waals surface area contributed by atoms with Crippen LogP contribution < -0.4 is 14.8 Å². The topological polar surface area (TPSA) is 46.1 Å². The van der Waals surface area contributed by atoms with Crippen LogP contribution in [0.15, 0.2) is 35.3 Å². The van der Waals surface area contributed by atoms with E-state index in [1.807, 2.05) is 12.1 Å². The molecule has 0 amide bonds. The number of benzene rings is 2. The second kappa shape index (κ2) is 7.72. The number of fused-ring (bicyclic) bond motifs is 1. The van der Waals surface area contributed by atoms with E-state index in [9.17, 15) is 0 Å². The molecule has 1 heterocycles. The van der Waals surface area contributed by atoms with Crippen LogP contribution in [-0.2, 0) is 6.54 Å². The van der Waals surface area contributed by atoms with Gasteiger partial charge in [0.2, 0.25) is 0 Å². The third-order valence-corrected chi connectivity index (χ3v) is 3.92. The number of hydrogen-bond donors (Lipinski definition) is 1. The molecule has 0 spiro atoms. The summed E-state index contributed by atoms with van der Waals surface area (Å²) < 4.78 is 10.7. The number of rotatable bonds is 4. The van der Waals surface area contributed by atoms with Crippen molar-refractivity contribution in [2.75, 3.05) is 34.4 Å². The fourth-order valence-electron chi connectivity index (χ4n) is 2.64. The highest BCUT2D eigenvalue weighted by molar-refractivity contribution is 14.0. The Morgan fingerprint density at radius 3 is 2.39 bits per heavy atom. The minimum Gasteiger partial charge on any atom is -0.493 e. The summed E-state index contributed by atoms with van der Waals surface area (Å²) >= 11 is 0. The molecule has 0 saturated carbocycles. The van der Waals surface area contributed by atoms with Gasteiger partial charge in [-0.15, -0.1) is 24.0 Å². The van der Waals surface area contributed by atoms with Crippen molar-refractivity contribution in [1.82, 2.24) is 10.2 Å². The zero-order valence-electron chi connectivity index (χ0n) is 13.6. The number of methoxy groups -OCH3 is 2. The first kappa shape index (κ1) is 17.7. The minimum absolute atomic E-state index is 0. The van der Waals surface area contributed by atoms with E-state index in [1.54, 1.807) is 14.2 Å². The number of halogens is 1. The number of nitrogens with one attached hydrogen (secondary N) is 1. The van der Waals surface area contributed by atoms with E-state index in [4.69, 9.17) is 9.47 Å². The summed E-state index contributed by atoms with van der Waals surface area (Å²) in [5.41, 5.74) is 1.21. The van der Waals surface area contributed by atoms with Gasteiger partial charge in [0.25, 0.3) is 0 Å². The molecule has 6 heteroatoms. The van der Waals surface area contributed by atoms with Crippen LogP contribution in [0.3, 0.4) is 0 Å². The Morgan fingerprint density at radius 2 is 1.78 bits per heavy atom. The Bertz CT molecular complexity index is 718. The first-order valence-electron chi connectivity index (χ1n) is 7.35. The van der Waals surface area contributed by atoms with Gasteiger partial charge < -0.3 is 19.7 Å². The second-order valence-electron chi connectivity index (χ2n) is 5.37. The summed E-state index contributed by atoms with van der Waals surface area (Å²) in [5.74, 6) is 2.47. The predicted octanol–water partition coefficient (Wildman–Crippen LogP) is 2.87. The lowest BCUT2D eigenvalue weighted by molar-refractivity contribution is 0.356. The van der Waals surface area contributed by atoms with Crippen molar-refractivity contribution in [3.8, 4) is 11.5 Å². The molecule has 1 aliphatic heterocycles. The van der Waals surface area contributed by atoms with Gasteiger partial charge in [0.05, 0.1) is 20.8 Å². The van der Waals surface area contributed by atoms with Crippen LogP contribution in [0.1, 0.15) is 5.56 Å². The molecule has 2 aromatic carbocycles. The molecular weight excluding hydrogens is 405 g/mol. The molecule has 0 bridgehead atoms. The summed E-state index contributed by atoms with van der Waals surface area (Å²) in [5, 5.41) is 5.66. The van der Waals surface area contributed by atoms with E-state index in [0.29, 0.717) is 0 Å². The van der Waals surface area contributed by atoms with Crippen LogP contribution in [0.4, 0.5) is 0 Å². The highest BCUT2D eigenvalue weighted by atomic mass is 127. The van der Waals surface area contributed by atoms with Gasteiger partial charge in [-0.1, -0.05) is 12.1 Å². The van der Waals surface area contributed by atoms with Crippen LogP contribution in [0.2, 0.25) is 0 Å². The van der Waals surface area contributed by atoms with Gasteiger partial charge in [0.1, 0.15) is 0 Å². The Hall–Kier alpha value is -1.70. The highest BCUT2D eigenvalue weighted by Crippen LogP contribution is 2.32. The van der Waals surface area contributed by atoms with Crippen molar-refractivity contribution in [2.45, 2.75) is 6.54 Å². The number of aliphatic imine (C=N–C) groups is 1. The van der Waals surface area contributed by atoms with Crippen LogP contribution in [0.25, 0.3) is 10.8 Å². The largest absolute Gasteiger partial charge is 0.493 e. The summed E-state index contributed by atoms with van der Waals surface area (Å²) in [4.78, 5) is 6.57. The van der Waals surface area contributed by atoms with Crippen molar-refractivity contribution in [1.29, 1.82) is 0 Å². The molecule has 0 saturated heterocycles. The maximum atomic E-state index is 5.37. The maximum absolute atomic E-state index is 5.37. The van der Waals surface area contributed by atoms with E-state index in [0.717, 1.165) is 47.9 Å². The molecule has 3 rings (SSSR count). The lowest BCUT2D eigenvalue weighted by Gasteiger charge is -2.15. The third-order valence-electron chi connectivity index (χ3n) is 3.92. The maximum Gasteiger partial charge on any atom is 0.194 e. The molecule has 0 aromatic heterocycles. The van der Waals surface area contributed by atoms with E-state index < -0.39 is 0 Å². The quantitative estimate of drug-likeness (QED) is 0.763. The monoisotopic (exact) mass is 427 g/mol. The average molecular weight is 427 g/mol. The SMILES string of the molecule is COc1cc2ccc(CNC3=NCCN3C)cc2cc1OC.I. The van der Waals surface area contributed by atoms with Crippen LogP contribution in [0, 0.1) is 0 Å². The average Bonchev–Trinajstić information content (AvgIpc) is 2.96. The van der Waals surface area contributed by atoms with Gasteiger partial charge >= 0.3 is 0 Å². The number of hydrogen-bond acceptors (Lipinski definition) is 5. The van der Waals surface area contributed by atoms with E-state index >= 15 is 0 Å². The van der Waals surface area contributed by atoms with Gasteiger partial charge in [0, 0.05) is 20.1 Å². The first-order valence-corrected chi connectivity index (χ1v) is 7.35. The molecule has 0 fully saturated rings. The fraction of sp³-hybridized carbons (Fsp3) is 0.353. The lowest BCUT2D eigenvalue weighted by Crippen LogP contribution is -2.35. The number of ether oxygens (including phenoxy) is 2. The number of guanidine groups is 1. The number of likely N-dealkylation sites (N-methyl/N-ethyl adjacent to an activating group) is 1. The van der Waals surface area contributed by atoms with E-state index in [2.05, 4.69) is 40.5 Å². The molecule has 23 heavy (non-hydrogen) atoms. The third kappa shape index (κ3) is 3.80. The molecule has 0 radical (unpaired) electrons. The molecule has 0 unspecified atom stereocenters. The predicted molar refractivity (Wildman–Crippen MR) is 104 cm³/mol. The second-order valence-corrected chi connectivity index (χ2v) is 5.37. The van der Waals surface area contributed by atoms with Crippen LogP contribution in [0.5, 0.6) is 11.5 Å². The highest BCUT2D eigenvalue weighted by Gasteiger charge is 2.11. The molecular formula is C17H22IN3O2. The van der Waals surface area contributed by atoms with Gasteiger partial charge in [-0.25, -0.2) is 0 Å². The summed E-state index contributed by atoms with van der Waals surface area (Å²) in [6.45, 7) is 2.61. The molecule has 1 aliphatic rings. The van der Waals surface area contributed by atoms with Crippen LogP contribution >= 0.6 is 24.0 Å². The van der Waals surface area contributed by atoms with Gasteiger partial charge in [-0.05, 0) is 34.5 Å². The summed E-state index contributed by atoms with van der Waals surface area (Å²) in [6.07, 6.45) is 0. The smallest absolute Gasteiger partial charge is 0.194 e. The first-order chi connectivity index (χ1) is 10.7. The van der Waals surface area contributed by atoms with Gasteiger partial charge in [-0.3, -0.25) is 4.99 Å². The normalized spacial score (nSPS) is 13.5.